The molecular weight excluding hydrogens is 364 g/mol. The van der Waals surface area contributed by atoms with Gasteiger partial charge < -0.3 is 15.0 Å². The lowest BCUT2D eigenvalue weighted by molar-refractivity contribution is -0.139. The molecule has 2 aromatic carbocycles. The van der Waals surface area contributed by atoms with Gasteiger partial charge in [0, 0.05) is 24.2 Å². The van der Waals surface area contributed by atoms with Crippen LogP contribution >= 0.6 is 11.6 Å². The van der Waals surface area contributed by atoms with Crippen LogP contribution in [0.2, 0.25) is 5.02 Å². The molecule has 0 aliphatic carbocycles. The molecule has 0 aromatic heterocycles. The first-order valence-corrected chi connectivity index (χ1v) is 9.07. The van der Waals surface area contributed by atoms with E-state index < -0.39 is 12.0 Å². The van der Waals surface area contributed by atoms with Crippen molar-refractivity contribution in [2.24, 2.45) is 0 Å². The lowest BCUT2D eigenvalue weighted by Gasteiger charge is -2.33. The number of ether oxygens (including phenoxy) is 1. The van der Waals surface area contributed by atoms with Crippen molar-refractivity contribution in [2.45, 2.75) is 19.4 Å². The van der Waals surface area contributed by atoms with Gasteiger partial charge in [-0.2, -0.15) is 0 Å². The first-order valence-electron chi connectivity index (χ1n) is 8.69. The lowest BCUT2D eigenvalue weighted by Crippen LogP contribution is -2.46. The topological polar surface area (TPSA) is 58.6 Å². The van der Waals surface area contributed by atoms with Crippen LogP contribution in [0.5, 0.6) is 0 Å². The summed E-state index contributed by atoms with van der Waals surface area (Å²) in [6.07, 6.45) is 0.623. The molecule has 2 amide bonds. The molecule has 2 aromatic rings. The van der Waals surface area contributed by atoms with Gasteiger partial charge in [-0.25, -0.2) is 9.59 Å². The summed E-state index contributed by atoms with van der Waals surface area (Å²) in [5, 5.41) is 3.32. The van der Waals surface area contributed by atoms with Crippen LogP contribution in [0.3, 0.4) is 0 Å². The summed E-state index contributed by atoms with van der Waals surface area (Å²) >= 11 is 6.30. The van der Waals surface area contributed by atoms with E-state index in [1.807, 2.05) is 36.4 Å². The van der Waals surface area contributed by atoms with Crippen molar-refractivity contribution in [3.8, 4) is 0 Å². The smallest absolute Gasteiger partial charge is 0.338 e. The molecular formula is C21H21ClN2O3. The third-order valence-corrected chi connectivity index (χ3v) is 5.00. The molecule has 5 nitrogen and oxygen atoms in total. The van der Waals surface area contributed by atoms with Gasteiger partial charge in [0.05, 0.1) is 18.2 Å². The van der Waals surface area contributed by atoms with Gasteiger partial charge >= 0.3 is 12.0 Å². The summed E-state index contributed by atoms with van der Waals surface area (Å²) in [4.78, 5) is 26.5. The van der Waals surface area contributed by atoms with Gasteiger partial charge in [-0.05, 0) is 24.1 Å². The van der Waals surface area contributed by atoms with E-state index >= 15 is 0 Å². The first-order chi connectivity index (χ1) is 13.0. The normalized spacial score (nSPS) is 16.9. The maximum atomic E-state index is 12.8. The van der Waals surface area contributed by atoms with Crippen molar-refractivity contribution in [3.05, 3.63) is 82.0 Å². The molecule has 1 aliphatic heterocycles. The van der Waals surface area contributed by atoms with E-state index in [0.29, 0.717) is 28.3 Å². The number of nitrogens with zero attached hydrogens (tertiary/aromatic N) is 1. The summed E-state index contributed by atoms with van der Waals surface area (Å²) in [6.45, 7) is 1.99. The Bertz CT molecular complexity index is 880. The zero-order valence-electron chi connectivity index (χ0n) is 15.2. The Morgan fingerprint density at radius 1 is 1.15 bits per heavy atom. The highest BCUT2D eigenvalue weighted by Crippen LogP contribution is 2.34. The van der Waals surface area contributed by atoms with Crippen LogP contribution in [0.4, 0.5) is 4.79 Å². The number of urea groups is 1. The highest BCUT2D eigenvalue weighted by Gasteiger charge is 2.35. The Morgan fingerprint density at radius 2 is 1.81 bits per heavy atom. The minimum atomic E-state index is -0.647. The van der Waals surface area contributed by atoms with E-state index in [9.17, 15) is 9.59 Å². The van der Waals surface area contributed by atoms with Crippen LogP contribution < -0.4 is 5.32 Å². The Balaban J connectivity index is 1.83. The molecule has 3 rings (SSSR count). The lowest BCUT2D eigenvalue weighted by atomic mass is 9.95. The molecule has 0 fully saturated rings. The minimum absolute atomic E-state index is 0.256. The number of esters is 1. The molecule has 6 heteroatoms. The molecule has 1 aliphatic rings. The van der Waals surface area contributed by atoms with Gasteiger partial charge in [-0.1, -0.05) is 60.1 Å². The number of hydrogen-bond acceptors (Lipinski definition) is 3. The number of carbonyl (C=O) groups excluding carboxylic acids is 2. The minimum Gasteiger partial charge on any atom is -0.462 e. The van der Waals surface area contributed by atoms with Gasteiger partial charge in [-0.15, -0.1) is 0 Å². The molecule has 27 heavy (non-hydrogen) atoms. The fraction of sp³-hybridized carbons (Fsp3) is 0.238. The van der Waals surface area contributed by atoms with Crippen LogP contribution in [0, 0.1) is 0 Å². The number of halogens is 1. The third-order valence-electron chi connectivity index (χ3n) is 4.66. The SMILES string of the molecule is CC1=C(C(=O)OCCc2ccccc2)[C@@H](c2ccccc2Cl)NC(=O)N1C. The predicted octanol–water partition coefficient (Wildman–Crippen LogP) is 4.10. The third kappa shape index (κ3) is 4.14. The van der Waals surface area contributed by atoms with Crippen LogP contribution in [-0.4, -0.2) is 30.6 Å². The van der Waals surface area contributed by atoms with E-state index in [0.717, 1.165) is 5.56 Å². The number of hydrogen-bond donors (Lipinski definition) is 1. The molecule has 0 bridgehead atoms. The largest absolute Gasteiger partial charge is 0.462 e. The van der Waals surface area contributed by atoms with Gasteiger partial charge in [0.2, 0.25) is 0 Å². The van der Waals surface area contributed by atoms with E-state index in [4.69, 9.17) is 16.3 Å². The molecule has 1 N–H and O–H groups in total. The number of nitrogens with one attached hydrogen (secondary N) is 1. The maximum absolute atomic E-state index is 12.8. The number of allylic oxidation sites excluding steroid dienone is 1. The van der Waals surface area contributed by atoms with Crippen LogP contribution in [0.1, 0.15) is 24.1 Å². The predicted molar refractivity (Wildman–Crippen MR) is 104 cm³/mol. The second-order valence-corrected chi connectivity index (χ2v) is 6.74. The van der Waals surface area contributed by atoms with Gasteiger partial charge in [0.1, 0.15) is 0 Å². The Kier molecular flexibility index (Phi) is 5.81. The van der Waals surface area contributed by atoms with Gasteiger partial charge in [-0.3, -0.25) is 0 Å². The summed E-state index contributed by atoms with van der Waals surface area (Å²) in [6, 6.07) is 16.0. The average Bonchev–Trinajstić information content (AvgIpc) is 2.67. The van der Waals surface area contributed by atoms with Gasteiger partial charge in [0.25, 0.3) is 0 Å². The molecule has 1 atom stereocenters. The van der Waals surface area contributed by atoms with Crippen LogP contribution in [-0.2, 0) is 16.0 Å². The standard InChI is InChI=1S/C21H21ClN2O3/c1-14-18(20(25)27-13-12-15-8-4-3-5-9-15)19(23-21(26)24(14)2)16-10-6-7-11-17(16)22/h3-11,19H,12-13H2,1-2H3,(H,23,26)/t19-/m1/s1. The summed E-state index contributed by atoms with van der Waals surface area (Å²) < 4.78 is 5.51. The van der Waals surface area contributed by atoms with Crippen molar-refractivity contribution in [3.63, 3.8) is 0 Å². The summed E-state index contributed by atoms with van der Waals surface area (Å²) in [5.74, 6) is -0.458. The van der Waals surface area contributed by atoms with Crippen molar-refractivity contribution < 1.29 is 14.3 Å². The van der Waals surface area contributed by atoms with E-state index in [2.05, 4.69) is 5.32 Å². The zero-order chi connectivity index (χ0) is 19.4. The zero-order valence-corrected chi connectivity index (χ0v) is 16.0. The number of benzene rings is 2. The Morgan fingerprint density at radius 3 is 2.52 bits per heavy atom. The molecule has 140 valence electrons. The van der Waals surface area contributed by atoms with Crippen LogP contribution in [0.15, 0.2) is 65.9 Å². The fourth-order valence-electron chi connectivity index (χ4n) is 3.03. The number of carbonyl (C=O) groups is 2. The number of amides is 2. The summed E-state index contributed by atoms with van der Waals surface area (Å²) in [5.41, 5.74) is 2.69. The maximum Gasteiger partial charge on any atom is 0.338 e. The average molecular weight is 385 g/mol. The highest BCUT2D eigenvalue weighted by atomic mass is 35.5. The number of rotatable bonds is 5. The van der Waals surface area contributed by atoms with Crippen molar-refractivity contribution in [1.29, 1.82) is 0 Å². The van der Waals surface area contributed by atoms with Crippen molar-refractivity contribution >= 4 is 23.6 Å². The monoisotopic (exact) mass is 384 g/mol. The molecule has 1 heterocycles. The van der Waals surface area contributed by atoms with Crippen LogP contribution in [0.25, 0.3) is 0 Å². The summed E-state index contributed by atoms with van der Waals surface area (Å²) in [7, 11) is 1.62. The molecule has 0 radical (unpaired) electrons. The molecule has 0 saturated carbocycles. The first kappa shape index (κ1) is 19.0. The quantitative estimate of drug-likeness (QED) is 0.789. The molecule has 0 spiro atoms. The van der Waals surface area contributed by atoms with E-state index in [-0.39, 0.29) is 12.6 Å². The highest BCUT2D eigenvalue weighted by molar-refractivity contribution is 6.31. The fourth-order valence-corrected chi connectivity index (χ4v) is 3.27. The Hall–Kier alpha value is -2.79. The van der Waals surface area contributed by atoms with Gasteiger partial charge in [0.15, 0.2) is 0 Å². The Labute approximate surface area is 163 Å². The van der Waals surface area contributed by atoms with Crippen molar-refractivity contribution in [1.82, 2.24) is 10.2 Å². The van der Waals surface area contributed by atoms with Crippen molar-refractivity contribution in [2.75, 3.05) is 13.7 Å². The van der Waals surface area contributed by atoms with E-state index in [1.54, 1.807) is 32.2 Å². The molecule has 0 saturated heterocycles. The van der Waals surface area contributed by atoms with E-state index in [1.165, 1.54) is 4.90 Å². The molecule has 0 unspecified atom stereocenters. The second kappa shape index (κ2) is 8.27. The second-order valence-electron chi connectivity index (χ2n) is 6.33.